The molecule has 1 N–H and O–H groups in total. The molecular formula is C26H30N5+. The topological polar surface area (TPSA) is 37.9 Å². The van der Waals surface area contributed by atoms with E-state index < -0.39 is 0 Å². The van der Waals surface area contributed by atoms with Crippen LogP contribution in [-0.4, -0.2) is 47.3 Å². The Morgan fingerprint density at radius 3 is 2.29 bits per heavy atom. The fraction of sp³-hybridized carbons (Fsp3) is 0.308. The molecule has 0 saturated carbocycles. The van der Waals surface area contributed by atoms with Crippen LogP contribution in [-0.2, 0) is 6.42 Å². The molecule has 0 bridgehead atoms. The lowest BCUT2D eigenvalue weighted by atomic mass is 10.1. The van der Waals surface area contributed by atoms with Crippen LogP contribution in [0, 0.1) is 13.8 Å². The van der Waals surface area contributed by atoms with Crippen LogP contribution in [0.25, 0.3) is 16.8 Å². The van der Waals surface area contributed by atoms with Gasteiger partial charge in [0.15, 0.2) is 5.65 Å². The zero-order chi connectivity index (χ0) is 21.2. The Balaban J connectivity index is 1.36. The van der Waals surface area contributed by atoms with Crippen LogP contribution in [0.15, 0.2) is 66.7 Å². The summed E-state index contributed by atoms with van der Waals surface area (Å²) in [5.74, 6) is 1.16. The number of anilines is 1. The molecule has 31 heavy (non-hydrogen) atoms. The molecule has 158 valence electrons. The largest absolute Gasteiger partial charge is 0.345 e. The van der Waals surface area contributed by atoms with Gasteiger partial charge >= 0.3 is 0 Å². The van der Waals surface area contributed by atoms with Crippen LogP contribution in [0.5, 0.6) is 0 Å². The van der Waals surface area contributed by atoms with E-state index in [0.717, 1.165) is 61.0 Å². The first-order chi connectivity index (χ1) is 15.2. The van der Waals surface area contributed by atoms with Gasteiger partial charge in [0, 0.05) is 23.7 Å². The van der Waals surface area contributed by atoms with Crippen LogP contribution >= 0.6 is 0 Å². The molecule has 0 aliphatic carbocycles. The van der Waals surface area contributed by atoms with Crippen molar-refractivity contribution >= 4 is 11.5 Å². The summed E-state index contributed by atoms with van der Waals surface area (Å²) in [7, 11) is 0. The average molecular weight is 413 g/mol. The molecular weight excluding hydrogens is 382 g/mol. The number of aryl methyl sites for hydroxylation is 2. The minimum Gasteiger partial charge on any atom is -0.345 e. The molecule has 1 aliphatic rings. The van der Waals surface area contributed by atoms with Crippen molar-refractivity contribution in [1.82, 2.24) is 14.6 Å². The summed E-state index contributed by atoms with van der Waals surface area (Å²) in [6.45, 7) is 9.76. The van der Waals surface area contributed by atoms with Gasteiger partial charge in [-0.15, -0.1) is 0 Å². The molecule has 1 fully saturated rings. The number of quaternary nitrogens is 1. The van der Waals surface area contributed by atoms with Crippen molar-refractivity contribution in [2.75, 3.05) is 37.6 Å². The highest BCUT2D eigenvalue weighted by Gasteiger charge is 2.24. The molecule has 0 atom stereocenters. The van der Waals surface area contributed by atoms with Crippen molar-refractivity contribution in [2.24, 2.45) is 0 Å². The van der Waals surface area contributed by atoms with Gasteiger partial charge in [-0.1, -0.05) is 60.7 Å². The Labute approximate surface area is 184 Å². The number of benzene rings is 2. The third-order valence-corrected chi connectivity index (χ3v) is 6.34. The molecule has 1 aliphatic heterocycles. The highest BCUT2D eigenvalue weighted by atomic mass is 15.4. The third-order valence-electron chi connectivity index (χ3n) is 6.34. The van der Waals surface area contributed by atoms with Crippen molar-refractivity contribution < 1.29 is 4.90 Å². The molecule has 1 saturated heterocycles. The Bertz CT molecular complexity index is 1160. The number of hydrogen-bond donors (Lipinski definition) is 1. The zero-order valence-electron chi connectivity index (χ0n) is 18.4. The van der Waals surface area contributed by atoms with Crippen molar-refractivity contribution in [3.8, 4) is 11.1 Å². The van der Waals surface area contributed by atoms with Crippen LogP contribution in [0.4, 0.5) is 5.82 Å². The van der Waals surface area contributed by atoms with Gasteiger partial charge < -0.3 is 9.80 Å². The van der Waals surface area contributed by atoms with Crippen molar-refractivity contribution in [3.63, 3.8) is 0 Å². The van der Waals surface area contributed by atoms with Crippen molar-refractivity contribution in [1.29, 1.82) is 0 Å². The molecule has 5 heteroatoms. The fourth-order valence-electron chi connectivity index (χ4n) is 4.66. The Kier molecular flexibility index (Phi) is 5.43. The van der Waals surface area contributed by atoms with E-state index in [1.807, 2.05) is 6.07 Å². The molecule has 4 aromatic rings. The minimum absolute atomic E-state index is 0.956. The number of aromatic nitrogens is 3. The number of piperazine rings is 1. The Morgan fingerprint density at radius 1 is 0.903 bits per heavy atom. The molecule has 3 heterocycles. The maximum absolute atomic E-state index is 4.91. The first-order valence-corrected chi connectivity index (χ1v) is 11.2. The van der Waals surface area contributed by atoms with Crippen molar-refractivity contribution in [2.45, 2.75) is 20.3 Å². The van der Waals surface area contributed by atoms with Gasteiger partial charge in [0.1, 0.15) is 5.82 Å². The van der Waals surface area contributed by atoms with E-state index in [9.17, 15) is 0 Å². The summed E-state index contributed by atoms with van der Waals surface area (Å²) in [6, 6.07) is 23.5. The zero-order valence-corrected chi connectivity index (χ0v) is 18.4. The lowest BCUT2D eigenvalue weighted by molar-refractivity contribution is -0.900. The van der Waals surface area contributed by atoms with Gasteiger partial charge in [-0.3, -0.25) is 0 Å². The second-order valence-electron chi connectivity index (χ2n) is 8.54. The van der Waals surface area contributed by atoms with E-state index >= 15 is 0 Å². The maximum Gasteiger partial charge on any atom is 0.165 e. The molecule has 5 nitrogen and oxygen atoms in total. The normalized spacial score (nSPS) is 15.0. The molecule has 0 unspecified atom stereocenters. The quantitative estimate of drug-likeness (QED) is 0.548. The van der Waals surface area contributed by atoms with Gasteiger partial charge in [-0.2, -0.15) is 9.61 Å². The van der Waals surface area contributed by atoms with E-state index in [1.54, 1.807) is 4.90 Å². The standard InChI is InChI=1S/C26H29N5/c1-20-19-24(30-17-15-29(16-18-30)14-13-22-9-5-3-6-10-22)31-26(27-20)25(21(2)28-31)23-11-7-4-8-12-23/h3-12,19H,13-18H2,1-2H3/p+1. The first-order valence-electron chi connectivity index (χ1n) is 11.2. The van der Waals surface area contributed by atoms with Gasteiger partial charge in [-0.25, -0.2) is 4.98 Å². The lowest BCUT2D eigenvalue weighted by Gasteiger charge is -2.33. The first kappa shape index (κ1) is 19.8. The third kappa shape index (κ3) is 4.06. The van der Waals surface area contributed by atoms with Gasteiger partial charge in [0.2, 0.25) is 0 Å². The average Bonchev–Trinajstić information content (AvgIpc) is 3.14. The van der Waals surface area contributed by atoms with Crippen LogP contribution < -0.4 is 9.80 Å². The highest BCUT2D eigenvalue weighted by molar-refractivity contribution is 5.81. The number of nitrogens with zero attached hydrogens (tertiary/aromatic N) is 4. The number of fused-ring (bicyclic) bond motifs is 1. The predicted molar refractivity (Wildman–Crippen MR) is 126 cm³/mol. The van der Waals surface area contributed by atoms with E-state index in [1.165, 1.54) is 17.7 Å². The number of nitrogens with one attached hydrogen (secondary N) is 1. The second-order valence-corrected chi connectivity index (χ2v) is 8.54. The summed E-state index contributed by atoms with van der Waals surface area (Å²) < 4.78 is 2.06. The second kappa shape index (κ2) is 8.52. The van der Waals surface area contributed by atoms with Gasteiger partial charge in [0.05, 0.1) is 38.4 Å². The molecule has 0 spiro atoms. The van der Waals surface area contributed by atoms with E-state index in [-0.39, 0.29) is 0 Å². The summed E-state index contributed by atoms with van der Waals surface area (Å²) in [6.07, 6.45) is 1.15. The minimum atomic E-state index is 0.956. The molecule has 0 amide bonds. The van der Waals surface area contributed by atoms with Gasteiger partial charge in [-0.05, 0) is 25.0 Å². The van der Waals surface area contributed by atoms with Crippen LogP contribution in [0.2, 0.25) is 0 Å². The van der Waals surface area contributed by atoms with Crippen LogP contribution in [0.1, 0.15) is 17.0 Å². The van der Waals surface area contributed by atoms with Crippen LogP contribution in [0.3, 0.4) is 0 Å². The fourth-order valence-corrected chi connectivity index (χ4v) is 4.66. The molecule has 2 aromatic carbocycles. The molecule has 0 radical (unpaired) electrons. The number of rotatable bonds is 5. The van der Waals surface area contributed by atoms with Crippen molar-refractivity contribution in [3.05, 3.63) is 83.7 Å². The van der Waals surface area contributed by atoms with E-state index in [4.69, 9.17) is 10.1 Å². The monoisotopic (exact) mass is 412 g/mol. The Hall–Kier alpha value is -3.18. The summed E-state index contributed by atoms with van der Waals surface area (Å²) in [4.78, 5) is 9.04. The lowest BCUT2D eigenvalue weighted by Crippen LogP contribution is -3.15. The molecule has 5 rings (SSSR count). The van der Waals surface area contributed by atoms with E-state index in [0.29, 0.717) is 0 Å². The van der Waals surface area contributed by atoms with E-state index in [2.05, 4.69) is 83.9 Å². The smallest absolute Gasteiger partial charge is 0.165 e. The molecule has 2 aromatic heterocycles. The predicted octanol–water partition coefficient (Wildman–Crippen LogP) is 2.96. The maximum atomic E-state index is 4.91. The SMILES string of the molecule is Cc1cc(N2CC[NH+](CCc3ccccc3)CC2)n2nc(C)c(-c3ccccc3)c2n1. The summed E-state index contributed by atoms with van der Waals surface area (Å²) in [5, 5.41) is 4.91. The summed E-state index contributed by atoms with van der Waals surface area (Å²) >= 11 is 0. The highest BCUT2D eigenvalue weighted by Crippen LogP contribution is 2.30. The number of hydrogen-bond acceptors (Lipinski definition) is 3. The Morgan fingerprint density at radius 2 is 1.58 bits per heavy atom. The van der Waals surface area contributed by atoms with Gasteiger partial charge in [0.25, 0.3) is 0 Å². The summed E-state index contributed by atoms with van der Waals surface area (Å²) in [5.41, 5.74) is 6.77.